The molecule has 0 bridgehead atoms. The minimum Gasteiger partial charge on any atom is -0.493 e. The van der Waals surface area contributed by atoms with Crippen LogP contribution in [0.25, 0.3) is 0 Å². The van der Waals surface area contributed by atoms with Crippen molar-refractivity contribution in [1.29, 1.82) is 0 Å². The zero-order valence-corrected chi connectivity index (χ0v) is 15.2. The van der Waals surface area contributed by atoms with Crippen molar-refractivity contribution < 1.29 is 14.3 Å². The number of carbonyl (C=O) groups is 1. The Hall–Kier alpha value is -1.03. The van der Waals surface area contributed by atoms with Gasteiger partial charge in [0.2, 0.25) is 0 Å². The van der Waals surface area contributed by atoms with E-state index in [0.717, 1.165) is 34.2 Å². The number of ether oxygens (including phenoxy) is 2. The van der Waals surface area contributed by atoms with Crippen LogP contribution < -0.4 is 4.74 Å². The number of esters is 1. The molecule has 0 radical (unpaired) electrons. The Labute approximate surface area is 136 Å². The first-order valence-corrected chi connectivity index (χ1v) is 8.31. The molecule has 0 amide bonds. The zero-order chi connectivity index (χ0) is 16.0. The van der Waals surface area contributed by atoms with Crippen molar-refractivity contribution >= 4 is 21.9 Å². The topological polar surface area (TPSA) is 35.5 Å². The van der Waals surface area contributed by atoms with Gasteiger partial charge in [0.1, 0.15) is 5.75 Å². The highest BCUT2D eigenvalue weighted by Crippen LogP contribution is 2.29. The lowest BCUT2D eigenvalue weighted by molar-refractivity contribution is -0.150. The number of hydrogen-bond acceptors (Lipinski definition) is 3. The number of carbonyl (C=O) groups excluding carboxylic acids is 1. The van der Waals surface area contributed by atoms with E-state index in [0.29, 0.717) is 13.0 Å². The molecule has 0 fully saturated rings. The first-order valence-electron chi connectivity index (χ1n) is 7.19. The van der Waals surface area contributed by atoms with E-state index in [4.69, 9.17) is 9.47 Å². The molecular formula is C17H25BrO3. The van der Waals surface area contributed by atoms with E-state index in [2.05, 4.69) is 35.0 Å². The van der Waals surface area contributed by atoms with Gasteiger partial charge in [-0.15, -0.1) is 0 Å². The van der Waals surface area contributed by atoms with Crippen LogP contribution in [0.1, 0.15) is 37.0 Å². The molecule has 0 aliphatic carbocycles. The molecule has 4 heteroatoms. The Morgan fingerprint density at radius 2 is 1.90 bits per heavy atom. The van der Waals surface area contributed by atoms with E-state index in [9.17, 15) is 4.79 Å². The molecule has 0 atom stereocenters. The summed E-state index contributed by atoms with van der Waals surface area (Å²) < 4.78 is 10.7. The fourth-order valence-corrected chi connectivity index (χ4v) is 2.49. The Balaban J connectivity index is 2.91. The van der Waals surface area contributed by atoms with Gasteiger partial charge in [0.05, 0.1) is 19.1 Å². The Kier molecular flexibility index (Phi) is 6.72. The van der Waals surface area contributed by atoms with Gasteiger partial charge in [-0.3, -0.25) is 4.79 Å². The molecule has 1 rings (SSSR count). The predicted octanol–water partition coefficient (Wildman–Crippen LogP) is 4.21. The number of methoxy groups -OCH3 is 1. The van der Waals surface area contributed by atoms with Crippen LogP contribution in [0, 0.1) is 19.3 Å². The molecule has 0 saturated carbocycles. The van der Waals surface area contributed by atoms with Crippen molar-refractivity contribution in [3.8, 4) is 5.75 Å². The number of halogens is 1. The van der Waals surface area contributed by atoms with E-state index in [1.54, 1.807) is 0 Å². The fraction of sp³-hybridized carbons (Fsp3) is 0.588. The van der Waals surface area contributed by atoms with Crippen molar-refractivity contribution in [2.75, 3.05) is 19.0 Å². The normalized spacial score (nSPS) is 11.3. The minimum atomic E-state index is -0.524. The van der Waals surface area contributed by atoms with Gasteiger partial charge in [0.15, 0.2) is 0 Å². The van der Waals surface area contributed by atoms with Crippen molar-refractivity contribution in [2.45, 2.75) is 40.5 Å². The number of benzene rings is 1. The molecule has 0 aromatic heterocycles. The molecule has 0 aliphatic rings. The summed E-state index contributed by atoms with van der Waals surface area (Å²) in [5.41, 5.74) is 2.89. The molecule has 1 aromatic rings. The third-order valence-electron chi connectivity index (χ3n) is 3.54. The van der Waals surface area contributed by atoms with Crippen LogP contribution in [0.2, 0.25) is 0 Å². The summed E-state index contributed by atoms with van der Waals surface area (Å²) in [5, 5.41) is 0.941. The van der Waals surface area contributed by atoms with Crippen molar-refractivity contribution in [3.63, 3.8) is 0 Å². The van der Waals surface area contributed by atoms with Gasteiger partial charge in [0, 0.05) is 5.33 Å². The molecule has 0 heterocycles. The molecule has 0 unspecified atom stereocenters. The lowest BCUT2D eigenvalue weighted by Crippen LogP contribution is -2.28. The quantitative estimate of drug-likeness (QED) is 0.417. The van der Waals surface area contributed by atoms with E-state index < -0.39 is 5.41 Å². The first kappa shape index (κ1) is 18.0. The molecular weight excluding hydrogens is 332 g/mol. The number of rotatable bonds is 7. The summed E-state index contributed by atoms with van der Waals surface area (Å²) in [7, 11) is 1.43. The molecule has 0 N–H and O–H groups in total. The highest BCUT2D eigenvalue weighted by molar-refractivity contribution is 9.09. The molecule has 1 aromatic carbocycles. The zero-order valence-electron chi connectivity index (χ0n) is 13.6. The summed E-state index contributed by atoms with van der Waals surface area (Å²) >= 11 is 3.40. The maximum Gasteiger partial charge on any atom is 0.311 e. The average molecular weight is 357 g/mol. The largest absolute Gasteiger partial charge is 0.493 e. The highest BCUT2D eigenvalue weighted by Gasteiger charge is 2.29. The smallest absolute Gasteiger partial charge is 0.311 e. The minimum absolute atomic E-state index is 0.183. The number of aryl methyl sites for hydroxylation is 2. The fourth-order valence-electron chi connectivity index (χ4n) is 2.26. The summed E-state index contributed by atoms with van der Waals surface area (Å²) in [4.78, 5) is 11.8. The SMILES string of the molecule is COC(=O)C(C)(C)Cc1cc(C)c(OCCCBr)cc1C. The first-order chi connectivity index (χ1) is 9.81. The lowest BCUT2D eigenvalue weighted by atomic mass is 9.84. The monoisotopic (exact) mass is 356 g/mol. The van der Waals surface area contributed by atoms with Crippen molar-refractivity contribution in [1.82, 2.24) is 0 Å². The predicted molar refractivity (Wildman–Crippen MR) is 89.3 cm³/mol. The van der Waals surface area contributed by atoms with Crippen LogP contribution in [0.15, 0.2) is 12.1 Å². The summed E-state index contributed by atoms with van der Waals surface area (Å²) in [6.07, 6.45) is 1.64. The third-order valence-corrected chi connectivity index (χ3v) is 4.10. The van der Waals surface area contributed by atoms with E-state index in [-0.39, 0.29) is 5.97 Å². The number of hydrogen-bond donors (Lipinski definition) is 0. The van der Waals surface area contributed by atoms with Crippen molar-refractivity contribution in [3.05, 3.63) is 28.8 Å². The number of alkyl halides is 1. The van der Waals surface area contributed by atoms with Crippen LogP contribution in [0.4, 0.5) is 0 Å². The molecule has 118 valence electrons. The molecule has 3 nitrogen and oxygen atoms in total. The van der Waals surface area contributed by atoms with Crippen molar-refractivity contribution in [2.24, 2.45) is 5.41 Å². The second kappa shape index (κ2) is 7.83. The van der Waals surface area contributed by atoms with Crippen LogP contribution in [0.3, 0.4) is 0 Å². The van der Waals surface area contributed by atoms with Crippen LogP contribution in [-0.2, 0) is 16.0 Å². The van der Waals surface area contributed by atoms with Crippen LogP contribution in [-0.4, -0.2) is 25.0 Å². The van der Waals surface area contributed by atoms with Gasteiger partial charge < -0.3 is 9.47 Å². The second-order valence-electron chi connectivity index (χ2n) is 5.99. The molecule has 0 aliphatic heterocycles. The molecule has 0 spiro atoms. The average Bonchev–Trinajstić information content (AvgIpc) is 2.42. The maximum absolute atomic E-state index is 11.8. The van der Waals surface area contributed by atoms with Gasteiger partial charge >= 0.3 is 5.97 Å². The summed E-state index contributed by atoms with van der Waals surface area (Å²) in [5.74, 6) is 0.741. The Bertz CT molecular complexity index is 495. The van der Waals surface area contributed by atoms with Crippen LogP contribution in [0.5, 0.6) is 5.75 Å². The van der Waals surface area contributed by atoms with E-state index >= 15 is 0 Å². The van der Waals surface area contributed by atoms with Gasteiger partial charge in [-0.05, 0) is 63.3 Å². The Morgan fingerprint density at radius 1 is 1.24 bits per heavy atom. The maximum atomic E-state index is 11.8. The lowest BCUT2D eigenvalue weighted by Gasteiger charge is -2.23. The van der Waals surface area contributed by atoms with Gasteiger partial charge in [0.25, 0.3) is 0 Å². The van der Waals surface area contributed by atoms with E-state index in [1.807, 2.05) is 20.8 Å². The second-order valence-corrected chi connectivity index (χ2v) is 6.78. The highest BCUT2D eigenvalue weighted by atomic mass is 79.9. The van der Waals surface area contributed by atoms with Crippen LogP contribution >= 0.6 is 15.9 Å². The third kappa shape index (κ3) is 5.03. The van der Waals surface area contributed by atoms with E-state index in [1.165, 1.54) is 7.11 Å². The molecule has 0 saturated heterocycles. The van der Waals surface area contributed by atoms with Gasteiger partial charge in [-0.2, -0.15) is 0 Å². The van der Waals surface area contributed by atoms with Gasteiger partial charge in [-0.1, -0.05) is 22.0 Å². The van der Waals surface area contributed by atoms with Gasteiger partial charge in [-0.25, -0.2) is 0 Å². The summed E-state index contributed by atoms with van der Waals surface area (Å²) in [6, 6.07) is 4.18. The Morgan fingerprint density at radius 3 is 2.48 bits per heavy atom. The standard InChI is InChI=1S/C17H25BrO3/c1-12-10-15(21-8-6-7-18)13(2)9-14(12)11-17(3,4)16(19)20-5/h9-10H,6-8,11H2,1-5H3. The molecule has 21 heavy (non-hydrogen) atoms. The summed E-state index contributed by atoms with van der Waals surface area (Å²) in [6.45, 7) is 8.62.